The van der Waals surface area contributed by atoms with Crippen LogP contribution in [0.4, 0.5) is 5.69 Å². The van der Waals surface area contributed by atoms with Gasteiger partial charge in [-0.15, -0.1) is 4.99 Å². The maximum Gasteiger partial charge on any atom is 0.311 e. The van der Waals surface area contributed by atoms with Gasteiger partial charge in [0.1, 0.15) is 11.4 Å². The molecule has 0 aliphatic heterocycles. The van der Waals surface area contributed by atoms with E-state index in [9.17, 15) is 9.59 Å². The number of hydrogen-bond donors (Lipinski definition) is 1. The number of nitriles is 1. The zero-order chi connectivity index (χ0) is 28.7. The third kappa shape index (κ3) is 14.0. The zero-order valence-electron chi connectivity index (χ0n) is 23.1. The van der Waals surface area contributed by atoms with E-state index in [1.807, 2.05) is 12.1 Å². The van der Waals surface area contributed by atoms with Crippen LogP contribution in [0.1, 0.15) is 59.3 Å². The maximum atomic E-state index is 12.0. The molecule has 0 aliphatic rings. The molecule has 0 bridgehead atoms. The van der Waals surface area contributed by atoms with Crippen LogP contribution in [0.15, 0.2) is 53.8 Å². The largest absolute Gasteiger partial charge is 1.00 e. The highest BCUT2D eigenvalue weighted by molar-refractivity contribution is 6.30. The molecule has 0 atom stereocenters. The minimum absolute atomic E-state index is 0. The van der Waals surface area contributed by atoms with E-state index in [4.69, 9.17) is 36.8 Å². The van der Waals surface area contributed by atoms with Crippen LogP contribution in [-0.4, -0.2) is 36.7 Å². The normalized spacial score (nSPS) is 11.1. The molecule has 0 spiro atoms. The summed E-state index contributed by atoms with van der Waals surface area (Å²) in [5.74, 6) is -0.0414. The molecule has 1 aromatic heterocycles. The lowest BCUT2D eigenvalue weighted by Gasteiger charge is -2.22. The van der Waals surface area contributed by atoms with Crippen LogP contribution in [0.2, 0.25) is 5.02 Å². The van der Waals surface area contributed by atoms with Gasteiger partial charge in [0.25, 0.3) is 6.73 Å². The quantitative estimate of drug-likeness (QED) is 0.0870. The summed E-state index contributed by atoms with van der Waals surface area (Å²) < 4.78 is 17.8. The second-order valence-electron chi connectivity index (χ2n) is 9.74. The first-order chi connectivity index (χ1) is 18.6. The van der Waals surface area contributed by atoms with Gasteiger partial charge in [-0.3, -0.25) is 9.59 Å². The molecule has 12 heteroatoms. The Balaban J connectivity index is 0.00000800. The first kappa shape index (κ1) is 34.5. The van der Waals surface area contributed by atoms with Crippen molar-refractivity contribution in [1.82, 2.24) is 0 Å². The van der Waals surface area contributed by atoms with Crippen molar-refractivity contribution in [3.63, 3.8) is 0 Å². The lowest BCUT2D eigenvalue weighted by atomic mass is 10.2. The SMILES string of the molecule is CC(C)(C)OC(=O)CCC(=O)OC[n+]1ccc(N(CCCCCCOc2ccc(Cl)cc2)C(N)=NC#N)cc1.[Cl-]. The Bertz CT molecular complexity index is 1130. The lowest BCUT2D eigenvalue weighted by Crippen LogP contribution is -3.00. The highest BCUT2D eigenvalue weighted by atomic mass is 35.5. The number of carbonyl (C=O) groups excluding carboxylic acids is 2. The van der Waals surface area contributed by atoms with Gasteiger partial charge in [0.15, 0.2) is 12.4 Å². The number of aromatic nitrogens is 1. The summed E-state index contributed by atoms with van der Waals surface area (Å²) >= 11 is 5.88. The lowest BCUT2D eigenvalue weighted by molar-refractivity contribution is -0.727. The highest BCUT2D eigenvalue weighted by Gasteiger charge is 2.18. The Morgan fingerprint density at radius 1 is 1.02 bits per heavy atom. The summed E-state index contributed by atoms with van der Waals surface area (Å²) in [4.78, 5) is 29.2. The zero-order valence-corrected chi connectivity index (χ0v) is 24.7. The predicted octanol–water partition coefficient (Wildman–Crippen LogP) is 1.50. The van der Waals surface area contributed by atoms with Gasteiger partial charge < -0.3 is 37.3 Å². The fraction of sp³-hybridized carbons (Fsp3) is 0.464. The second kappa shape index (κ2) is 17.9. The molecule has 40 heavy (non-hydrogen) atoms. The van der Waals surface area contributed by atoms with E-state index in [-0.39, 0.29) is 37.9 Å². The number of rotatable bonds is 14. The molecule has 1 heterocycles. The van der Waals surface area contributed by atoms with Crippen molar-refractivity contribution < 1.29 is 40.8 Å². The smallest absolute Gasteiger partial charge is 0.311 e. The van der Waals surface area contributed by atoms with Crippen LogP contribution in [0, 0.1) is 11.5 Å². The Kier molecular flexibility index (Phi) is 15.4. The number of nitrogens with zero attached hydrogens (tertiary/aromatic N) is 4. The van der Waals surface area contributed by atoms with Crippen LogP contribution >= 0.6 is 11.6 Å². The number of hydrogen-bond acceptors (Lipinski definition) is 7. The number of carbonyl (C=O) groups is 2. The number of benzene rings is 1. The first-order valence-electron chi connectivity index (χ1n) is 12.8. The molecule has 2 N–H and O–H groups in total. The van der Waals surface area contributed by atoms with Crippen LogP contribution in [0.25, 0.3) is 0 Å². The average Bonchev–Trinajstić information content (AvgIpc) is 2.88. The number of nitrogens with two attached hydrogens (primary N) is 1. The van der Waals surface area contributed by atoms with Crippen LogP contribution in [-0.2, 0) is 25.8 Å². The van der Waals surface area contributed by atoms with E-state index in [1.165, 1.54) is 0 Å². The third-order valence-electron chi connectivity index (χ3n) is 5.31. The highest BCUT2D eigenvalue weighted by Crippen LogP contribution is 2.17. The number of ether oxygens (including phenoxy) is 3. The third-order valence-corrected chi connectivity index (χ3v) is 5.56. The minimum Gasteiger partial charge on any atom is -1.00 e. The molecule has 0 amide bonds. The number of anilines is 1. The van der Waals surface area contributed by atoms with Crippen molar-refractivity contribution in [3.8, 4) is 11.9 Å². The first-order valence-corrected chi connectivity index (χ1v) is 13.2. The fourth-order valence-corrected chi connectivity index (χ4v) is 3.59. The van der Waals surface area contributed by atoms with E-state index in [0.717, 1.165) is 37.1 Å². The molecule has 0 aliphatic carbocycles. The Hall–Kier alpha value is -3.55. The standard InChI is InChI=1S/C28H37ClN5O5.ClH/c1-28(2,3)39-26(36)13-12-25(35)38-21-33-17-14-23(15-18-33)34(27(31)32-20-30)16-6-4-5-7-19-37-24-10-8-22(29)9-11-24;/h8-11,14-15,17-18H,4-7,12-13,16,19,21H2,1-3H3,(H2,31,32);1H/q+1;/p-1. The molecule has 0 unspecified atom stereocenters. The summed E-state index contributed by atoms with van der Waals surface area (Å²) in [6.45, 7) is 6.50. The molecule has 0 saturated heterocycles. The molecule has 0 fully saturated rings. The van der Waals surface area contributed by atoms with Gasteiger partial charge in [0.05, 0.1) is 25.1 Å². The van der Waals surface area contributed by atoms with Gasteiger partial charge in [-0.25, -0.2) is 0 Å². The number of guanidine groups is 1. The number of unbranched alkanes of at least 4 members (excludes halogenated alkanes) is 3. The van der Waals surface area contributed by atoms with E-state index in [2.05, 4.69) is 4.99 Å². The predicted molar refractivity (Wildman–Crippen MR) is 148 cm³/mol. The summed E-state index contributed by atoms with van der Waals surface area (Å²) in [5, 5.41) is 9.64. The number of esters is 2. The summed E-state index contributed by atoms with van der Waals surface area (Å²) in [6, 6.07) is 10.9. The Labute approximate surface area is 247 Å². The molecule has 1 aromatic carbocycles. The van der Waals surface area contributed by atoms with Crippen LogP contribution in [0.3, 0.4) is 0 Å². The van der Waals surface area contributed by atoms with Crippen LogP contribution in [0.5, 0.6) is 5.75 Å². The molecule has 0 radical (unpaired) electrons. The second-order valence-corrected chi connectivity index (χ2v) is 10.2. The van der Waals surface area contributed by atoms with Crippen molar-refractivity contribution in [3.05, 3.63) is 53.8 Å². The molecule has 0 saturated carbocycles. The van der Waals surface area contributed by atoms with Gasteiger partial charge in [0.2, 0.25) is 12.2 Å². The molecule has 2 aromatic rings. The molecular formula is C28H37Cl2N5O5. The van der Waals surface area contributed by atoms with Crippen molar-refractivity contribution in [2.24, 2.45) is 10.7 Å². The molecule has 218 valence electrons. The van der Waals surface area contributed by atoms with Gasteiger partial charge >= 0.3 is 11.9 Å². The summed E-state index contributed by atoms with van der Waals surface area (Å²) in [7, 11) is 0. The number of aliphatic imine (C=N–C) groups is 1. The fourth-order valence-electron chi connectivity index (χ4n) is 3.46. The average molecular weight is 595 g/mol. The van der Waals surface area contributed by atoms with Crippen molar-refractivity contribution in [1.29, 1.82) is 5.26 Å². The maximum absolute atomic E-state index is 12.0. The van der Waals surface area contributed by atoms with E-state index in [0.29, 0.717) is 18.2 Å². The van der Waals surface area contributed by atoms with E-state index in [1.54, 1.807) is 73.1 Å². The van der Waals surface area contributed by atoms with Gasteiger partial charge in [-0.05, 0) is 57.9 Å². The van der Waals surface area contributed by atoms with Crippen LogP contribution < -0.4 is 32.3 Å². The van der Waals surface area contributed by atoms with Gasteiger partial charge in [-0.1, -0.05) is 24.4 Å². The molecule has 10 nitrogen and oxygen atoms in total. The topological polar surface area (TPSA) is 131 Å². The number of halogens is 2. The van der Waals surface area contributed by atoms with Crippen molar-refractivity contribution >= 4 is 35.2 Å². The summed E-state index contributed by atoms with van der Waals surface area (Å²) in [6.07, 6.45) is 8.78. The Morgan fingerprint density at radius 2 is 1.65 bits per heavy atom. The number of pyridine rings is 1. The van der Waals surface area contributed by atoms with Crippen molar-refractivity contribution in [2.45, 2.75) is 71.6 Å². The van der Waals surface area contributed by atoms with E-state index >= 15 is 0 Å². The van der Waals surface area contributed by atoms with Gasteiger partial charge in [0, 0.05) is 23.7 Å². The van der Waals surface area contributed by atoms with E-state index < -0.39 is 17.5 Å². The minimum atomic E-state index is -0.596. The molecular weight excluding hydrogens is 557 g/mol. The molecule has 2 rings (SSSR count). The van der Waals surface area contributed by atoms with Crippen molar-refractivity contribution in [2.75, 3.05) is 18.1 Å². The van der Waals surface area contributed by atoms with Gasteiger partial charge in [-0.2, -0.15) is 9.83 Å². The Morgan fingerprint density at radius 3 is 2.27 bits per heavy atom. The summed E-state index contributed by atoms with van der Waals surface area (Å²) in [5.41, 5.74) is 6.20. The monoisotopic (exact) mass is 593 g/mol.